The first kappa shape index (κ1) is 22.0. The maximum Gasteiger partial charge on any atom is 0.343 e. The number of nitrogens with zero attached hydrogens (tertiary/aromatic N) is 2. The second kappa shape index (κ2) is 9.49. The molecule has 0 bridgehead atoms. The molecule has 3 unspecified atom stereocenters. The van der Waals surface area contributed by atoms with Crippen LogP contribution in [-0.2, 0) is 21.6 Å². The molecule has 0 radical (unpaired) electrons. The lowest BCUT2D eigenvalue weighted by atomic mass is 9.80. The lowest BCUT2D eigenvalue weighted by Crippen LogP contribution is -2.56. The molecule has 2 heterocycles. The Morgan fingerprint density at radius 3 is 2.52 bits per heavy atom. The third-order valence-electron chi connectivity index (χ3n) is 7.30. The van der Waals surface area contributed by atoms with Crippen LogP contribution in [0.25, 0.3) is 0 Å². The maximum atomic E-state index is 13.4. The second-order valence-corrected chi connectivity index (χ2v) is 9.64. The molecule has 1 N–H and O–H groups in total. The highest BCUT2D eigenvalue weighted by atomic mass is 16.6. The summed E-state index contributed by atoms with van der Waals surface area (Å²) < 4.78 is 6.94. The predicted molar refractivity (Wildman–Crippen MR) is 120 cm³/mol. The van der Waals surface area contributed by atoms with Crippen LogP contribution in [0.5, 0.6) is 0 Å². The molecule has 31 heavy (non-hydrogen) atoms. The molecule has 2 fully saturated rings. The number of piperidine rings is 1. The van der Waals surface area contributed by atoms with Crippen molar-refractivity contribution in [2.75, 3.05) is 26.7 Å². The largest absolute Gasteiger partial charge is 0.454 e. The van der Waals surface area contributed by atoms with Gasteiger partial charge in [0.1, 0.15) is 6.54 Å². The minimum atomic E-state index is -1.55. The molecule has 1 saturated carbocycles. The zero-order valence-corrected chi connectivity index (χ0v) is 18.6. The standard InChI is InChI=1S/C26H35N2O3/c1-28(19-15-21-13-16-27-17-14-21)18-7-12-24(20-28)31-25(29)26(30,23-10-5-6-11-23)22-8-3-2-4-9-22/h2-4,8-9,13-14,16-17,23-24,30H,5-7,10-12,15,18-20H2,1H3/q+1. The van der Waals surface area contributed by atoms with E-state index < -0.39 is 11.6 Å². The number of carbonyl (C=O) groups is 1. The molecule has 1 aliphatic heterocycles. The normalized spacial score (nSPS) is 26.3. The number of carbonyl (C=O) groups excluding carboxylic acids is 1. The Bertz CT molecular complexity index is 853. The highest BCUT2D eigenvalue weighted by Gasteiger charge is 2.49. The Morgan fingerprint density at radius 2 is 1.81 bits per heavy atom. The Labute approximate surface area is 185 Å². The molecule has 1 aromatic carbocycles. The number of aromatic nitrogens is 1. The predicted octanol–water partition coefficient (Wildman–Crippen LogP) is 3.85. The van der Waals surface area contributed by atoms with Crippen LogP contribution >= 0.6 is 0 Å². The summed E-state index contributed by atoms with van der Waals surface area (Å²) in [6.07, 6.45) is 10.2. The van der Waals surface area contributed by atoms with E-state index in [0.29, 0.717) is 5.56 Å². The third-order valence-corrected chi connectivity index (χ3v) is 7.30. The number of aliphatic hydroxyl groups is 1. The van der Waals surface area contributed by atoms with Gasteiger partial charge in [-0.3, -0.25) is 4.98 Å². The van der Waals surface area contributed by atoms with E-state index in [0.717, 1.165) is 69.1 Å². The highest BCUT2D eigenvalue weighted by Crippen LogP contribution is 2.42. The second-order valence-electron chi connectivity index (χ2n) is 9.64. The van der Waals surface area contributed by atoms with Gasteiger partial charge in [0.25, 0.3) is 0 Å². The Hall–Kier alpha value is -2.24. The van der Waals surface area contributed by atoms with Crippen LogP contribution in [0.2, 0.25) is 0 Å². The summed E-state index contributed by atoms with van der Waals surface area (Å²) in [4.78, 5) is 17.5. The molecular weight excluding hydrogens is 388 g/mol. The van der Waals surface area contributed by atoms with Crippen molar-refractivity contribution in [2.24, 2.45) is 5.92 Å². The van der Waals surface area contributed by atoms with Gasteiger partial charge in [0.2, 0.25) is 0 Å². The topological polar surface area (TPSA) is 59.4 Å². The zero-order valence-electron chi connectivity index (χ0n) is 18.6. The summed E-state index contributed by atoms with van der Waals surface area (Å²) in [7, 11) is 2.25. The van der Waals surface area contributed by atoms with Crippen molar-refractivity contribution in [1.29, 1.82) is 0 Å². The fraction of sp³-hybridized carbons (Fsp3) is 0.538. The van der Waals surface area contributed by atoms with Crippen molar-refractivity contribution in [3.63, 3.8) is 0 Å². The number of rotatable bonds is 7. The average Bonchev–Trinajstić information content (AvgIpc) is 3.34. The first-order valence-corrected chi connectivity index (χ1v) is 11.7. The molecule has 2 aliphatic rings. The highest BCUT2D eigenvalue weighted by molar-refractivity contribution is 5.81. The van der Waals surface area contributed by atoms with Crippen LogP contribution in [0.15, 0.2) is 54.9 Å². The van der Waals surface area contributed by atoms with Crippen LogP contribution in [0.4, 0.5) is 0 Å². The van der Waals surface area contributed by atoms with Crippen LogP contribution in [0, 0.1) is 5.92 Å². The number of ether oxygens (including phenoxy) is 1. The van der Waals surface area contributed by atoms with Gasteiger partial charge < -0.3 is 14.3 Å². The van der Waals surface area contributed by atoms with E-state index in [9.17, 15) is 9.90 Å². The molecule has 1 aliphatic carbocycles. The van der Waals surface area contributed by atoms with E-state index in [2.05, 4.69) is 24.2 Å². The Morgan fingerprint density at radius 1 is 1.10 bits per heavy atom. The Balaban J connectivity index is 1.44. The van der Waals surface area contributed by atoms with E-state index in [4.69, 9.17) is 4.74 Å². The van der Waals surface area contributed by atoms with E-state index in [1.807, 2.05) is 42.7 Å². The number of quaternary nitrogens is 1. The quantitative estimate of drug-likeness (QED) is 0.543. The minimum Gasteiger partial charge on any atom is -0.454 e. The number of hydrogen-bond acceptors (Lipinski definition) is 4. The summed E-state index contributed by atoms with van der Waals surface area (Å²) in [5.41, 5.74) is 0.404. The van der Waals surface area contributed by atoms with Crippen LogP contribution < -0.4 is 0 Å². The molecule has 4 rings (SSSR count). The molecule has 0 spiro atoms. The lowest BCUT2D eigenvalue weighted by molar-refractivity contribution is -0.916. The summed E-state index contributed by atoms with van der Waals surface area (Å²) in [5, 5.41) is 11.7. The molecule has 5 nitrogen and oxygen atoms in total. The van der Waals surface area contributed by atoms with Crippen molar-refractivity contribution < 1.29 is 19.1 Å². The molecule has 1 saturated heterocycles. The zero-order chi connectivity index (χ0) is 21.7. The van der Waals surface area contributed by atoms with Gasteiger partial charge in [0, 0.05) is 31.2 Å². The SMILES string of the molecule is C[N+]1(CCc2ccncc2)CCCC(OC(=O)C(O)(c2ccccc2)C2CCCC2)C1. The van der Waals surface area contributed by atoms with Gasteiger partial charge in [0.05, 0.1) is 20.1 Å². The number of likely N-dealkylation sites (N-methyl/N-ethyl adjacent to an activating group) is 1. The van der Waals surface area contributed by atoms with Crippen molar-refractivity contribution in [2.45, 2.75) is 56.7 Å². The van der Waals surface area contributed by atoms with Crippen LogP contribution in [0.3, 0.4) is 0 Å². The maximum absolute atomic E-state index is 13.4. The summed E-state index contributed by atoms with van der Waals surface area (Å²) in [6, 6.07) is 13.5. The minimum absolute atomic E-state index is 0.0708. The van der Waals surface area contributed by atoms with Crippen molar-refractivity contribution in [3.05, 3.63) is 66.0 Å². The fourth-order valence-electron chi connectivity index (χ4n) is 5.42. The monoisotopic (exact) mass is 423 g/mol. The number of esters is 1. The summed E-state index contributed by atoms with van der Waals surface area (Å²) in [6.45, 7) is 2.89. The van der Waals surface area contributed by atoms with Gasteiger partial charge in [-0.1, -0.05) is 43.2 Å². The van der Waals surface area contributed by atoms with Gasteiger partial charge in [0.15, 0.2) is 11.7 Å². The van der Waals surface area contributed by atoms with Gasteiger partial charge in [-0.15, -0.1) is 0 Å². The van der Waals surface area contributed by atoms with Crippen LogP contribution in [-0.4, -0.2) is 53.3 Å². The molecular formula is C26H35N2O3+. The fourth-order valence-corrected chi connectivity index (χ4v) is 5.42. The van der Waals surface area contributed by atoms with E-state index >= 15 is 0 Å². The van der Waals surface area contributed by atoms with Crippen LogP contribution in [0.1, 0.15) is 49.7 Å². The van der Waals surface area contributed by atoms with Gasteiger partial charge in [-0.2, -0.15) is 0 Å². The van der Waals surface area contributed by atoms with Gasteiger partial charge in [-0.05, 0) is 42.5 Å². The number of likely N-dealkylation sites (tertiary alicyclic amines) is 1. The van der Waals surface area contributed by atoms with Crippen molar-refractivity contribution in [3.8, 4) is 0 Å². The molecule has 1 aromatic heterocycles. The van der Waals surface area contributed by atoms with Crippen molar-refractivity contribution >= 4 is 5.97 Å². The molecule has 0 amide bonds. The third kappa shape index (κ3) is 4.99. The van der Waals surface area contributed by atoms with E-state index in [-0.39, 0.29) is 12.0 Å². The molecule has 166 valence electrons. The number of benzene rings is 1. The van der Waals surface area contributed by atoms with E-state index in [1.165, 1.54) is 5.56 Å². The summed E-state index contributed by atoms with van der Waals surface area (Å²) in [5.74, 6) is -0.531. The van der Waals surface area contributed by atoms with Crippen molar-refractivity contribution in [1.82, 2.24) is 4.98 Å². The van der Waals surface area contributed by atoms with E-state index in [1.54, 1.807) is 0 Å². The number of hydrogen-bond donors (Lipinski definition) is 1. The van der Waals surface area contributed by atoms with Gasteiger partial charge >= 0.3 is 5.97 Å². The first-order valence-electron chi connectivity index (χ1n) is 11.7. The molecule has 2 aromatic rings. The summed E-state index contributed by atoms with van der Waals surface area (Å²) >= 11 is 0. The molecule has 3 atom stereocenters. The number of pyridine rings is 1. The molecule has 5 heteroatoms. The Kier molecular flexibility index (Phi) is 6.73. The van der Waals surface area contributed by atoms with Gasteiger partial charge in [-0.25, -0.2) is 4.79 Å². The smallest absolute Gasteiger partial charge is 0.343 e. The average molecular weight is 424 g/mol. The lowest BCUT2D eigenvalue weighted by Gasteiger charge is -2.42. The first-order chi connectivity index (χ1) is 15.0.